The van der Waals surface area contributed by atoms with Crippen LogP contribution in [0.3, 0.4) is 0 Å². The van der Waals surface area contributed by atoms with Crippen molar-refractivity contribution in [1.82, 2.24) is 0 Å². The summed E-state index contributed by atoms with van der Waals surface area (Å²) in [6, 6.07) is 8.11. The Bertz CT molecular complexity index is 443. The predicted molar refractivity (Wildman–Crippen MR) is 70.5 cm³/mol. The molecule has 0 spiro atoms. The molecule has 17 heavy (non-hydrogen) atoms. The SMILES string of the molecule is Cl.NC1(C(=O)N2CCc3ccccc32)CCC1. The van der Waals surface area contributed by atoms with Crippen LogP contribution in [0.2, 0.25) is 0 Å². The molecule has 1 aliphatic heterocycles. The van der Waals surface area contributed by atoms with Crippen LogP contribution < -0.4 is 10.6 Å². The second kappa shape index (κ2) is 4.31. The lowest BCUT2D eigenvalue weighted by atomic mass is 9.76. The zero-order valence-corrected chi connectivity index (χ0v) is 10.5. The van der Waals surface area contributed by atoms with E-state index in [0.29, 0.717) is 0 Å². The Labute approximate surface area is 107 Å². The normalized spacial score (nSPS) is 20.2. The second-order valence-electron chi connectivity index (χ2n) is 4.85. The molecule has 0 atom stereocenters. The summed E-state index contributed by atoms with van der Waals surface area (Å²) in [5, 5.41) is 0. The van der Waals surface area contributed by atoms with Crippen LogP contribution in [0.1, 0.15) is 24.8 Å². The molecule has 1 fully saturated rings. The Kier molecular flexibility index (Phi) is 3.15. The first kappa shape index (κ1) is 12.4. The number of carbonyl (C=O) groups excluding carboxylic acids is 1. The van der Waals surface area contributed by atoms with Gasteiger partial charge in [0, 0.05) is 12.2 Å². The fraction of sp³-hybridized carbons (Fsp3) is 0.462. The molecule has 1 aromatic carbocycles. The Morgan fingerprint density at radius 2 is 2.00 bits per heavy atom. The summed E-state index contributed by atoms with van der Waals surface area (Å²) < 4.78 is 0. The second-order valence-corrected chi connectivity index (χ2v) is 4.85. The lowest BCUT2D eigenvalue weighted by Crippen LogP contribution is -2.59. The molecule has 0 aromatic heterocycles. The van der Waals surface area contributed by atoms with Gasteiger partial charge in [0.15, 0.2) is 0 Å². The van der Waals surface area contributed by atoms with Crippen molar-refractivity contribution in [2.45, 2.75) is 31.2 Å². The molecule has 1 saturated carbocycles. The molecule has 1 aromatic rings. The number of fused-ring (bicyclic) bond motifs is 1. The quantitative estimate of drug-likeness (QED) is 0.830. The van der Waals surface area contributed by atoms with Gasteiger partial charge in [0.25, 0.3) is 0 Å². The smallest absolute Gasteiger partial charge is 0.247 e. The highest BCUT2D eigenvalue weighted by molar-refractivity contribution is 6.02. The number of hydrogen-bond donors (Lipinski definition) is 1. The molecule has 92 valence electrons. The van der Waals surface area contributed by atoms with Gasteiger partial charge in [0.05, 0.1) is 5.54 Å². The topological polar surface area (TPSA) is 46.3 Å². The maximum absolute atomic E-state index is 12.3. The number of carbonyl (C=O) groups is 1. The van der Waals surface area contributed by atoms with E-state index in [9.17, 15) is 4.79 Å². The molecule has 1 amide bonds. The summed E-state index contributed by atoms with van der Waals surface area (Å²) in [6.45, 7) is 0.789. The van der Waals surface area contributed by atoms with Crippen LogP contribution in [-0.2, 0) is 11.2 Å². The fourth-order valence-corrected chi connectivity index (χ4v) is 2.59. The van der Waals surface area contributed by atoms with Crippen molar-refractivity contribution in [3.63, 3.8) is 0 Å². The minimum atomic E-state index is -0.572. The summed E-state index contributed by atoms with van der Waals surface area (Å²) >= 11 is 0. The van der Waals surface area contributed by atoms with Crippen LogP contribution in [-0.4, -0.2) is 18.0 Å². The average molecular weight is 253 g/mol. The number of para-hydroxylation sites is 1. The molecule has 0 radical (unpaired) electrons. The molecule has 1 heterocycles. The molecule has 1 aliphatic carbocycles. The fourth-order valence-electron chi connectivity index (χ4n) is 2.59. The van der Waals surface area contributed by atoms with Crippen LogP contribution in [0.15, 0.2) is 24.3 Å². The highest BCUT2D eigenvalue weighted by Gasteiger charge is 2.44. The minimum Gasteiger partial charge on any atom is -0.317 e. The van der Waals surface area contributed by atoms with Crippen molar-refractivity contribution < 1.29 is 4.79 Å². The maximum atomic E-state index is 12.3. The van der Waals surface area contributed by atoms with Crippen molar-refractivity contribution in [3.8, 4) is 0 Å². The molecule has 3 nitrogen and oxygen atoms in total. The summed E-state index contributed by atoms with van der Waals surface area (Å²) in [7, 11) is 0. The molecule has 4 heteroatoms. The Morgan fingerprint density at radius 1 is 1.29 bits per heavy atom. The molecule has 0 saturated heterocycles. The van der Waals surface area contributed by atoms with Crippen LogP contribution >= 0.6 is 12.4 Å². The largest absolute Gasteiger partial charge is 0.317 e. The molecular weight excluding hydrogens is 236 g/mol. The lowest BCUT2D eigenvalue weighted by molar-refractivity contribution is -0.126. The number of nitrogens with two attached hydrogens (primary N) is 1. The third-order valence-corrected chi connectivity index (χ3v) is 3.80. The summed E-state index contributed by atoms with van der Waals surface area (Å²) in [5.74, 6) is 0.115. The van der Waals surface area contributed by atoms with Gasteiger partial charge in [-0.3, -0.25) is 4.79 Å². The highest BCUT2D eigenvalue weighted by atomic mass is 35.5. The molecule has 0 bridgehead atoms. The van der Waals surface area contributed by atoms with Crippen molar-refractivity contribution in [1.29, 1.82) is 0 Å². The van der Waals surface area contributed by atoms with E-state index in [1.165, 1.54) is 5.56 Å². The van der Waals surface area contributed by atoms with Crippen LogP contribution in [0.25, 0.3) is 0 Å². The van der Waals surface area contributed by atoms with E-state index >= 15 is 0 Å². The Morgan fingerprint density at radius 3 is 2.65 bits per heavy atom. The third kappa shape index (κ3) is 1.83. The van der Waals surface area contributed by atoms with E-state index in [2.05, 4.69) is 6.07 Å². The molecule has 2 N–H and O–H groups in total. The van der Waals surface area contributed by atoms with E-state index < -0.39 is 5.54 Å². The molecule has 2 aliphatic rings. The summed E-state index contributed by atoms with van der Waals surface area (Å²) in [6.07, 6.45) is 3.71. The lowest BCUT2D eigenvalue weighted by Gasteiger charge is -2.39. The van der Waals surface area contributed by atoms with E-state index in [4.69, 9.17) is 5.73 Å². The first-order valence-corrected chi connectivity index (χ1v) is 5.89. The van der Waals surface area contributed by atoms with Gasteiger partial charge in [-0.2, -0.15) is 0 Å². The first-order valence-electron chi connectivity index (χ1n) is 5.89. The highest BCUT2D eigenvalue weighted by Crippen LogP contribution is 2.35. The monoisotopic (exact) mass is 252 g/mol. The number of hydrogen-bond acceptors (Lipinski definition) is 2. The zero-order chi connectivity index (χ0) is 11.2. The maximum Gasteiger partial charge on any atom is 0.247 e. The zero-order valence-electron chi connectivity index (χ0n) is 9.69. The van der Waals surface area contributed by atoms with Gasteiger partial charge >= 0.3 is 0 Å². The van der Waals surface area contributed by atoms with Crippen LogP contribution in [0.4, 0.5) is 5.69 Å². The number of halogens is 1. The van der Waals surface area contributed by atoms with Crippen molar-refractivity contribution >= 4 is 24.0 Å². The Hall–Kier alpha value is -1.06. The Balaban J connectivity index is 0.00000108. The number of anilines is 1. The van der Waals surface area contributed by atoms with Crippen molar-refractivity contribution in [2.24, 2.45) is 5.73 Å². The van der Waals surface area contributed by atoms with E-state index in [0.717, 1.165) is 37.9 Å². The average Bonchev–Trinajstić information content (AvgIpc) is 2.68. The van der Waals surface area contributed by atoms with Gasteiger partial charge in [0.2, 0.25) is 5.91 Å². The number of nitrogens with zero attached hydrogens (tertiary/aromatic N) is 1. The molecule has 3 rings (SSSR count). The van der Waals surface area contributed by atoms with E-state index in [1.807, 2.05) is 23.1 Å². The third-order valence-electron chi connectivity index (χ3n) is 3.80. The van der Waals surface area contributed by atoms with Gasteiger partial charge in [-0.15, -0.1) is 12.4 Å². The van der Waals surface area contributed by atoms with Crippen LogP contribution in [0.5, 0.6) is 0 Å². The summed E-state index contributed by atoms with van der Waals surface area (Å²) in [5.41, 5.74) is 7.84. The van der Waals surface area contributed by atoms with E-state index in [-0.39, 0.29) is 18.3 Å². The van der Waals surface area contributed by atoms with Gasteiger partial charge < -0.3 is 10.6 Å². The standard InChI is InChI=1S/C13H16N2O.ClH/c14-13(7-3-8-13)12(16)15-9-6-10-4-1-2-5-11(10)15;/h1-2,4-5H,3,6-9,14H2;1H. The number of amides is 1. The van der Waals surface area contributed by atoms with Gasteiger partial charge in [-0.05, 0) is 37.3 Å². The van der Waals surface area contributed by atoms with E-state index in [1.54, 1.807) is 0 Å². The van der Waals surface area contributed by atoms with Crippen molar-refractivity contribution in [3.05, 3.63) is 29.8 Å². The number of rotatable bonds is 1. The number of benzene rings is 1. The summed E-state index contributed by atoms with van der Waals surface area (Å²) in [4.78, 5) is 14.2. The van der Waals surface area contributed by atoms with Gasteiger partial charge in [0.1, 0.15) is 0 Å². The van der Waals surface area contributed by atoms with Gasteiger partial charge in [-0.1, -0.05) is 18.2 Å². The predicted octanol–water partition coefficient (Wildman–Crippen LogP) is 1.88. The minimum absolute atomic E-state index is 0. The first-order chi connectivity index (χ1) is 7.71. The van der Waals surface area contributed by atoms with Crippen LogP contribution in [0, 0.1) is 0 Å². The molecule has 0 unspecified atom stereocenters. The van der Waals surface area contributed by atoms with Crippen molar-refractivity contribution in [2.75, 3.05) is 11.4 Å². The van der Waals surface area contributed by atoms with Gasteiger partial charge in [-0.25, -0.2) is 0 Å². The molecular formula is C13H17ClN2O.